The number of hydrogen-bond donors (Lipinski definition) is 3. The number of aromatic nitrogens is 4. The fourth-order valence-corrected chi connectivity index (χ4v) is 5.50. The van der Waals surface area contributed by atoms with E-state index >= 15 is 0 Å². The Hall–Kier alpha value is -4.42. The van der Waals surface area contributed by atoms with E-state index in [0.29, 0.717) is 0 Å². The normalized spacial score (nSPS) is 12.1. The molecule has 5 rings (SSSR count). The third-order valence-electron chi connectivity index (χ3n) is 6.97. The van der Waals surface area contributed by atoms with Crippen LogP contribution in [-0.2, 0) is 0 Å². The van der Waals surface area contributed by atoms with Gasteiger partial charge in [-0.05, 0) is 61.4 Å². The van der Waals surface area contributed by atoms with Gasteiger partial charge < -0.3 is 10.3 Å². The fraction of sp³-hybridized carbons (Fsp3) is 0.176. The molecule has 5 nitrogen and oxygen atoms in total. The SMILES string of the molecule is C=C/C=C(/c1ccc(C(=C)C)s1)c1cc(-c2n[nH]c3ccc(-c4cncc(NC(=C)C(C)(C)C)c4)cc23)[nH]c1C. The van der Waals surface area contributed by atoms with Crippen LogP contribution in [-0.4, -0.2) is 20.2 Å². The van der Waals surface area contributed by atoms with Crippen molar-refractivity contribution in [2.75, 3.05) is 5.32 Å². The molecule has 0 atom stereocenters. The number of fused-ring (bicyclic) bond motifs is 1. The number of anilines is 1. The molecule has 4 heterocycles. The monoisotopic (exact) mass is 545 g/mol. The van der Waals surface area contributed by atoms with Crippen LogP contribution >= 0.6 is 11.3 Å². The Morgan fingerprint density at radius 1 is 1.00 bits per heavy atom. The Morgan fingerprint density at radius 2 is 1.77 bits per heavy atom. The number of nitrogens with zero attached hydrogens (tertiary/aromatic N) is 2. The first kappa shape index (κ1) is 27.2. The zero-order chi connectivity index (χ0) is 28.6. The summed E-state index contributed by atoms with van der Waals surface area (Å²) in [7, 11) is 0. The van der Waals surface area contributed by atoms with Crippen LogP contribution in [0.25, 0.3) is 44.6 Å². The summed E-state index contributed by atoms with van der Waals surface area (Å²) in [5.41, 5.74) is 11.1. The zero-order valence-corrected chi connectivity index (χ0v) is 24.6. The summed E-state index contributed by atoms with van der Waals surface area (Å²) in [5, 5.41) is 12.4. The number of pyridine rings is 1. The largest absolute Gasteiger partial charge is 0.358 e. The van der Waals surface area contributed by atoms with Crippen molar-refractivity contribution in [1.82, 2.24) is 20.2 Å². The maximum Gasteiger partial charge on any atom is 0.116 e. The number of allylic oxidation sites excluding steroid dienone is 4. The van der Waals surface area contributed by atoms with Crippen molar-refractivity contribution in [3.8, 4) is 22.5 Å². The Kier molecular flexibility index (Phi) is 7.21. The Bertz CT molecular complexity index is 1780. The number of rotatable bonds is 8. The molecule has 202 valence electrons. The number of aromatic amines is 2. The molecule has 1 aromatic carbocycles. The van der Waals surface area contributed by atoms with E-state index in [1.54, 1.807) is 11.3 Å². The van der Waals surface area contributed by atoms with Crippen LogP contribution in [0.15, 0.2) is 92.4 Å². The summed E-state index contributed by atoms with van der Waals surface area (Å²) in [6.07, 6.45) is 7.62. The molecule has 0 amide bonds. The number of hydrogen-bond acceptors (Lipinski definition) is 4. The Balaban J connectivity index is 1.52. The second kappa shape index (κ2) is 10.6. The molecule has 4 aromatic heterocycles. The average molecular weight is 546 g/mol. The van der Waals surface area contributed by atoms with Crippen molar-refractivity contribution in [1.29, 1.82) is 0 Å². The van der Waals surface area contributed by atoms with Crippen molar-refractivity contribution in [2.24, 2.45) is 5.41 Å². The average Bonchev–Trinajstić information content (AvgIpc) is 3.65. The van der Waals surface area contributed by atoms with Gasteiger partial charge >= 0.3 is 0 Å². The molecule has 0 unspecified atom stereocenters. The minimum absolute atomic E-state index is 0.0508. The van der Waals surface area contributed by atoms with Gasteiger partial charge in [0.25, 0.3) is 0 Å². The predicted molar refractivity (Wildman–Crippen MR) is 172 cm³/mol. The van der Waals surface area contributed by atoms with Gasteiger partial charge in [-0.15, -0.1) is 11.3 Å². The minimum Gasteiger partial charge on any atom is -0.358 e. The highest BCUT2D eigenvalue weighted by Gasteiger charge is 2.18. The molecule has 0 bridgehead atoms. The Morgan fingerprint density at radius 3 is 2.48 bits per heavy atom. The van der Waals surface area contributed by atoms with Gasteiger partial charge in [0, 0.05) is 54.8 Å². The summed E-state index contributed by atoms with van der Waals surface area (Å²) in [6.45, 7) is 22.8. The van der Waals surface area contributed by atoms with Crippen LogP contribution in [0.4, 0.5) is 5.69 Å². The van der Waals surface area contributed by atoms with E-state index in [9.17, 15) is 0 Å². The van der Waals surface area contributed by atoms with Crippen molar-refractivity contribution < 1.29 is 0 Å². The van der Waals surface area contributed by atoms with E-state index in [0.717, 1.165) is 67.2 Å². The standard InChI is InChI=1S/C34H35N5S/c1-9-10-26(32-14-13-31(40-32)20(2)3)27-17-30(36-21(27)4)33-28-16-23(11-12-29(28)38-39-33)24-15-25(19-35-18-24)37-22(5)34(6,7)8/h9-19,36-37H,1-2,5H2,3-4,6-8H3,(H,38,39)/b26-10+. The van der Waals surface area contributed by atoms with Crippen molar-refractivity contribution in [2.45, 2.75) is 34.6 Å². The van der Waals surface area contributed by atoms with E-state index in [1.165, 1.54) is 9.75 Å². The van der Waals surface area contributed by atoms with Crippen LogP contribution < -0.4 is 5.32 Å². The van der Waals surface area contributed by atoms with E-state index in [1.807, 2.05) is 25.4 Å². The molecular formula is C34H35N5S. The van der Waals surface area contributed by atoms with Gasteiger partial charge in [0.05, 0.1) is 23.1 Å². The Labute approximate surface area is 240 Å². The molecular weight excluding hydrogens is 510 g/mol. The van der Waals surface area contributed by atoms with Gasteiger partial charge in [0.2, 0.25) is 0 Å². The van der Waals surface area contributed by atoms with Crippen LogP contribution in [0, 0.1) is 12.3 Å². The quantitative estimate of drug-likeness (QED) is 0.170. The number of aryl methyl sites for hydroxylation is 1. The van der Waals surface area contributed by atoms with Gasteiger partial charge in [-0.25, -0.2) is 0 Å². The summed E-state index contributed by atoms with van der Waals surface area (Å²) in [4.78, 5) is 10.4. The van der Waals surface area contributed by atoms with Gasteiger partial charge in [0.15, 0.2) is 0 Å². The van der Waals surface area contributed by atoms with Crippen LogP contribution in [0.3, 0.4) is 0 Å². The van der Waals surface area contributed by atoms with Crippen molar-refractivity contribution in [3.05, 3.63) is 113 Å². The molecule has 0 fully saturated rings. The van der Waals surface area contributed by atoms with E-state index in [2.05, 4.69) is 116 Å². The number of benzene rings is 1. The van der Waals surface area contributed by atoms with Gasteiger partial charge in [0.1, 0.15) is 5.69 Å². The lowest BCUT2D eigenvalue weighted by atomic mass is 9.93. The van der Waals surface area contributed by atoms with Crippen LogP contribution in [0.5, 0.6) is 0 Å². The van der Waals surface area contributed by atoms with E-state index in [4.69, 9.17) is 5.10 Å². The molecule has 40 heavy (non-hydrogen) atoms. The highest BCUT2D eigenvalue weighted by molar-refractivity contribution is 7.14. The smallest absolute Gasteiger partial charge is 0.116 e. The van der Waals surface area contributed by atoms with E-state index < -0.39 is 0 Å². The number of nitrogens with one attached hydrogen (secondary N) is 3. The third kappa shape index (κ3) is 5.36. The van der Waals surface area contributed by atoms with Crippen molar-refractivity contribution in [3.63, 3.8) is 0 Å². The molecule has 0 radical (unpaired) electrons. The van der Waals surface area contributed by atoms with Crippen LogP contribution in [0.2, 0.25) is 0 Å². The molecule has 0 aliphatic carbocycles. The van der Waals surface area contributed by atoms with Crippen LogP contribution in [0.1, 0.15) is 48.7 Å². The molecule has 0 aliphatic heterocycles. The minimum atomic E-state index is -0.0508. The summed E-state index contributed by atoms with van der Waals surface area (Å²) >= 11 is 1.74. The maximum atomic E-state index is 4.70. The molecule has 0 saturated heterocycles. The van der Waals surface area contributed by atoms with Gasteiger partial charge in [-0.3, -0.25) is 10.1 Å². The summed E-state index contributed by atoms with van der Waals surface area (Å²) < 4.78 is 0. The topological polar surface area (TPSA) is 69.4 Å². The molecule has 0 saturated carbocycles. The first-order valence-electron chi connectivity index (χ1n) is 13.2. The molecule has 6 heteroatoms. The third-order valence-corrected chi connectivity index (χ3v) is 8.25. The lowest BCUT2D eigenvalue weighted by molar-refractivity contribution is 0.509. The molecule has 0 spiro atoms. The summed E-state index contributed by atoms with van der Waals surface area (Å²) in [5.74, 6) is 0. The highest BCUT2D eigenvalue weighted by Crippen LogP contribution is 2.37. The predicted octanol–water partition coefficient (Wildman–Crippen LogP) is 9.61. The highest BCUT2D eigenvalue weighted by atomic mass is 32.1. The van der Waals surface area contributed by atoms with Gasteiger partial charge in [-0.1, -0.05) is 58.7 Å². The van der Waals surface area contributed by atoms with Crippen molar-refractivity contribution >= 4 is 39.1 Å². The first-order chi connectivity index (χ1) is 19.0. The number of thiophene rings is 1. The second-order valence-electron chi connectivity index (χ2n) is 11.1. The van der Waals surface area contributed by atoms with E-state index in [-0.39, 0.29) is 5.41 Å². The molecule has 5 aromatic rings. The molecule has 3 N–H and O–H groups in total. The molecule has 0 aliphatic rings. The zero-order valence-electron chi connectivity index (χ0n) is 23.8. The second-order valence-corrected chi connectivity index (χ2v) is 12.2. The maximum absolute atomic E-state index is 4.70. The summed E-state index contributed by atoms with van der Waals surface area (Å²) in [6, 6.07) is 14.9. The first-order valence-corrected chi connectivity index (χ1v) is 14.1. The lowest BCUT2D eigenvalue weighted by Gasteiger charge is -2.23. The lowest BCUT2D eigenvalue weighted by Crippen LogP contribution is -2.15. The number of H-pyrrole nitrogens is 2. The van der Waals surface area contributed by atoms with Gasteiger partial charge in [-0.2, -0.15) is 5.10 Å². The fourth-order valence-electron chi connectivity index (χ4n) is 4.53.